The molecule has 0 spiro atoms. The number of rotatable bonds is 5. The van der Waals surface area contributed by atoms with Crippen molar-refractivity contribution in [1.29, 1.82) is 0 Å². The second kappa shape index (κ2) is 7.50. The molecule has 2 rings (SSSR count). The van der Waals surface area contributed by atoms with Gasteiger partial charge in [0.25, 0.3) is 0 Å². The number of hydrogen-bond donors (Lipinski definition) is 2. The van der Waals surface area contributed by atoms with Crippen molar-refractivity contribution >= 4 is 6.09 Å². The first kappa shape index (κ1) is 20.6. The maximum absolute atomic E-state index is 14.0. The lowest BCUT2D eigenvalue weighted by atomic mass is 9.84. The van der Waals surface area contributed by atoms with Gasteiger partial charge < -0.3 is 15.0 Å². The van der Waals surface area contributed by atoms with Crippen molar-refractivity contribution in [3.8, 4) is 11.3 Å². The van der Waals surface area contributed by atoms with Gasteiger partial charge in [0.05, 0.1) is 17.9 Å². The van der Waals surface area contributed by atoms with Gasteiger partial charge in [-0.15, -0.1) is 6.58 Å². The van der Waals surface area contributed by atoms with Crippen molar-refractivity contribution in [2.75, 3.05) is 0 Å². The van der Waals surface area contributed by atoms with Crippen LogP contribution in [0.4, 0.5) is 13.6 Å². The largest absolute Gasteiger partial charge is 0.444 e. The lowest BCUT2D eigenvalue weighted by Gasteiger charge is -2.31. The Morgan fingerprint density at radius 2 is 1.96 bits per heavy atom. The Morgan fingerprint density at radius 3 is 2.56 bits per heavy atom. The van der Waals surface area contributed by atoms with E-state index in [-0.39, 0.29) is 5.56 Å². The van der Waals surface area contributed by atoms with Crippen molar-refractivity contribution in [3.05, 3.63) is 54.5 Å². The number of nitrogens with one attached hydrogen (secondary N) is 2. The molecule has 1 amide bonds. The molecule has 0 bridgehead atoms. The fraction of sp³-hybridized carbons (Fsp3) is 0.400. The maximum atomic E-state index is 14.0. The molecule has 1 atom stereocenters. The third-order valence-electron chi connectivity index (χ3n) is 4.02. The van der Waals surface area contributed by atoms with Crippen molar-refractivity contribution in [2.24, 2.45) is 5.41 Å². The summed E-state index contributed by atoms with van der Waals surface area (Å²) in [7, 11) is 0. The van der Waals surface area contributed by atoms with E-state index in [0.717, 1.165) is 18.2 Å². The molecule has 7 heteroatoms. The molecule has 2 N–H and O–H groups in total. The quantitative estimate of drug-likeness (QED) is 0.710. The Kier molecular flexibility index (Phi) is 5.73. The lowest BCUT2D eigenvalue weighted by Crippen LogP contribution is -2.40. The molecular weight excluding hydrogens is 352 g/mol. The Bertz CT molecular complexity index is 838. The first-order valence-electron chi connectivity index (χ1n) is 8.56. The molecule has 0 aliphatic heterocycles. The number of H-pyrrole nitrogens is 1. The summed E-state index contributed by atoms with van der Waals surface area (Å²) in [6, 6.07) is 2.57. The first-order valence-corrected chi connectivity index (χ1v) is 8.56. The highest BCUT2D eigenvalue weighted by molar-refractivity contribution is 5.68. The highest BCUT2D eigenvalue weighted by atomic mass is 19.1. The molecular formula is C20H25F2N3O2. The van der Waals surface area contributed by atoms with Gasteiger partial charge in [-0.05, 0) is 39.0 Å². The fourth-order valence-electron chi connectivity index (χ4n) is 2.47. The minimum atomic E-state index is -0.661. The summed E-state index contributed by atoms with van der Waals surface area (Å²) in [6.07, 6.45) is 2.47. The number of alkyl carbamates (subject to hydrolysis) is 1. The van der Waals surface area contributed by atoms with E-state index in [1.807, 2.05) is 13.8 Å². The van der Waals surface area contributed by atoms with Crippen LogP contribution in [0, 0.1) is 17.0 Å². The van der Waals surface area contributed by atoms with E-state index < -0.39 is 34.8 Å². The minimum absolute atomic E-state index is 0.0566. The summed E-state index contributed by atoms with van der Waals surface area (Å²) in [6.45, 7) is 12.8. The molecule has 0 fully saturated rings. The van der Waals surface area contributed by atoms with Gasteiger partial charge in [-0.2, -0.15) is 0 Å². The number of amides is 1. The number of halogens is 2. The predicted molar refractivity (Wildman–Crippen MR) is 100 cm³/mol. The Balaban J connectivity index is 2.37. The zero-order valence-corrected chi connectivity index (χ0v) is 16.2. The number of imidazole rings is 1. The summed E-state index contributed by atoms with van der Waals surface area (Å²) in [5.41, 5.74) is -0.891. The summed E-state index contributed by atoms with van der Waals surface area (Å²) in [5.74, 6) is -0.756. The third-order valence-corrected chi connectivity index (χ3v) is 4.02. The topological polar surface area (TPSA) is 67.0 Å². The summed E-state index contributed by atoms with van der Waals surface area (Å²) >= 11 is 0. The molecule has 0 aliphatic rings. The minimum Gasteiger partial charge on any atom is -0.444 e. The second-order valence-corrected chi connectivity index (χ2v) is 7.91. The van der Waals surface area contributed by atoms with Crippen LogP contribution < -0.4 is 5.32 Å². The van der Waals surface area contributed by atoms with E-state index in [4.69, 9.17) is 4.74 Å². The smallest absolute Gasteiger partial charge is 0.408 e. The Hall–Kier alpha value is -2.70. The Labute approximate surface area is 157 Å². The fourth-order valence-corrected chi connectivity index (χ4v) is 2.47. The van der Waals surface area contributed by atoms with Gasteiger partial charge in [0, 0.05) is 11.0 Å². The molecule has 146 valence electrons. The van der Waals surface area contributed by atoms with Crippen LogP contribution in [0.1, 0.15) is 46.5 Å². The molecule has 1 aromatic carbocycles. The van der Waals surface area contributed by atoms with Crippen LogP contribution in [-0.4, -0.2) is 21.7 Å². The van der Waals surface area contributed by atoms with E-state index in [0.29, 0.717) is 11.5 Å². The summed E-state index contributed by atoms with van der Waals surface area (Å²) in [5, 5.41) is 2.78. The van der Waals surface area contributed by atoms with Crippen LogP contribution in [-0.2, 0) is 4.74 Å². The molecule has 0 saturated heterocycles. The lowest BCUT2D eigenvalue weighted by molar-refractivity contribution is 0.0469. The number of carbonyl (C=O) groups is 1. The first-order chi connectivity index (χ1) is 12.4. The van der Waals surface area contributed by atoms with Gasteiger partial charge >= 0.3 is 6.09 Å². The van der Waals surface area contributed by atoms with Gasteiger partial charge in [-0.1, -0.05) is 19.9 Å². The van der Waals surface area contributed by atoms with Gasteiger partial charge in [-0.3, -0.25) is 0 Å². The monoisotopic (exact) mass is 377 g/mol. The summed E-state index contributed by atoms with van der Waals surface area (Å²) in [4.78, 5) is 19.5. The van der Waals surface area contributed by atoms with E-state index in [1.165, 1.54) is 6.20 Å². The van der Waals surface area contributed by atoms with E-state index in [2.05, 4.69) is 21.9 Å². The molecule has 5 nitrogen and oxygen atoms in total. The number of nitrogens with zero attached hydrogens (tertiary/aromatic N) is 1. The van der Waals surface area contributed by atoms with Crippen molar-refractivity contribution in [3.63, 3.8) is 0 Å². The molecule has 2 aromatic rings. The highest BCUT2D eigenvalue weighted by Crippen LogP contribution is 2.34. The van der Waals surface area contributed by atoms with Crippen LogP contribution in [0.15, 0.2) is 37.1 Å². The molecule has 1 heterocycles. The van der Waals surface area contributed by atoms with Crippen molar-refractivity contribution < 1.29 is 18.3 Å². The molecule has 0 unspecified atom stereocenters. The SMILES string of the molecule is C=CC(C)(C)[C@@H](NC(=O)OC(C)(C)C)c1ncc(-c2cc(F)ccc2F)[nH]1. The second-order valence-electron chi connectivity index (χ2n) is 7.91. The average Bonchev–Trinajstić information content (AvgIpc) is 3.02. The average molecular weight is 377 g/mol. The Morgan fingerprint density at radius 1 is 1.30 bits per heavy atom. The van der Waals surface area contributed by atoms with Gasteiger partial charge in [-0.25, -0.2) is 18.6 Å². The zero-order chi connectivity index (χ0) is 20.4. The third kappa shape index (κ3) is 5.15. The van der Waals surface area contributed by atoms with Gasteiger partial charge in [0.2, 0.25) is 0 Å². The van der Waals surface area contributed by atoms with E-state index in [1.54, 1.807) is 26.8 Å². The number of ether oxygens (including phenoxy) is 1. The van der Waals surface area contributed by atoms with Crippen LogP contribution in [0.3, 0.4) is 0 Å². The van der Waals surface area contributed by atoms with Crippen LogP contribution in [0.5, 0.6) is 0 Å². The predicted octanol–water partition coefficient (Wildman–Crippen LogP) is 5.13. The highest BCUT2D eigenvalue weighted by Gasteiger charge is 2.33. The maximum Gasteiger partial charge on any atom is 0.408 e. The van der Waals surface area contributed by atoms with Crippen molar-refractivity contribution in [1.82, 2.24) is 15.3 Å². The molecule has 0 aliphatic carbocycles. The van der Waals surface area contributed by atoms with Gasteiger partial charge in [0.15, 0.2) is 0 Å². The van der Waals surface area contributed by atoms with Crippen LogP contribution in [0.25, 0.3) is 11.3 Å². The summed E-state index contributed by atoms with van der Waals surface area (Å²) < 4.78 is 32.8. The number of aromatic amines is 1. The molecule has 27 heavy (non-hydrogen) atoms. The number of hydrogen-bond acceptors (Lipinski definition) is 3. The normalized spacial score (nSPS) is 13.1. The van der Waals surface area contributed by atoms with Crippen LogP contribution in [0.2, 0.25) is 0 Å². The van der Waals surface area contributed by atoms with E-state index in [9.17, 15) is 13.6 Å². The standard InChI is InChI=1S/C20H25F2N3O2/c1-7-20(5,6)16(25-18(26)27-19(2,3)4)17-23-11-15(24-17)13-10-12(21)8-9-14(13)22/h7-11,16H,1H2,2-6H3,(H,23,24)(H,25,26)/t16-/m0/s1. The van der Waals surface area contributed by atoms with E-state index >= 15 is 0 Å². The number of carbonyl (C=O) groups excluding carboxylic acids is 1. The van der Waals surface area contributed by atoms with Crippen LogP contribution >= 0.6 is 0 Å². The molecule has 0 saturated carbocycles. The molecule has 0 radical (unpaired) electrons. The molecule has 1 aromatic heterocycles. The van der Waals surface area contributed by atoms with Crippen molar-refractivity contribution in [2.45, 2.75) is 46.3 Å². The zero-order valence-electron chi connectivity index (χ0n) is 16.2. The van der Waals surface area contributed by atoms with Gasteiger partial charge in [0.1, 0.15) is 23.1 Å². The number of benzene rings is 1. The number of aromatic nitrogens is 2.